The summed E-state index contributed by atoms with van der Waals surface area (Å²) >= 11 is 0. The third-order valence-electron chi connectivity index (χ3n) is 1.91. The van der Waals surface area contributed by atoms with Crippen LogP contribution in [0.4, 0.5) is 0 Å². The SMILES string of the molecule is C/C=C/C=C/c1ccc(C(C)=O)cc1. The first-order valence-electron chi connectivity index (χ1n) is 4.64. The second kappa shape index (κ2) is 5.18. The predicted octanol–water partition coefficient (Wildman–Crippen LogP) is 3.48. The molecule has 1 rings (SSSR count). The van der Waals surface area contributed by atoms with E-state index in [4.69, 9.17) is 0 Å². The molecule has 0 aliphatic heterocycles. The molecule has 0 aliphatic carbocycles. The molecule has 0 saturated carbocycles. The molecule has 1 aromatic carbocycles. The van der Waals surface area contributed by atoms with Crippen LogP contribution in [0, 0.1) is 0 Å². The molecule has 0 bridgehead atoms. The van der Waals surface area contributed by atoms with Crippen LogP contribution >= 0.6 is 0 Å². The quantitative estimate of drug-likeness (QED) is 0.521. The van der Waals surface area contributed by atoms with Crippen LogP contribution in [-0.2, 0) is 0 Å². The van der Waals surface area contributed by atoms with E-state index in [0.29, 0.717) is 0 Å². The van der Waals surface area contributed by atoms with Crippen molar-refractivity contribution in [1.82, 2.24) is 0 Å². The number of carbonyl (C=O) groups excluding carboxylic acids is 1. The molecule has 0 fully saturated rings. The zero-order valence-corrected chi connectivity index (χ0v) is 8.53. The van der Waals surface area contributed by atoms with Crippen molar-refractivity contribution in [3.8, 4) is 0 Å². The first-order chi connectivity index (χ1) is 6.74. The zero-order valence-electron chi connectivity index (χ0n) is 8.53. The molecule has 0 aliphatic rings. The molecule has 0 saturated heterocycles. The van der Waals surface area contributed by atoms with Crippen LogP contribution in [0.15, 0.2) is 42.5 Å². The highest BCUT2D eigenvalue weighted by molar-refractivity contribution is 5.94. The van der Waals surface area contributed by atoms with Gasteiger partial charge in [-0.05, 0) is 19.4 Å². The maximum Gasteiger partial charge on any atom is 0.159 e. The van der Waals surface area contributed by atoms with E-state index in [9.17, 15) is 4.79 Å². The van der Waals surface area contributed by atoms with Crippen molar-refractivity contribution in [3.63, 3.8) is 0 Å². The lowest BCUT2D eigenvalue weighted by Crippen LogP contribution is -1.90. The third-order valence-corrected chi connectivity index (χ3v) is 1.91. The molecule has 0 N–H and O–H groups in total. The first kappa shape index (κ1) is 10.5. The summed E-state index contributed by atoms with van der Waals surface area (Å²) in [6, 6.07) is 7.57. The van der Waals surface area contributed by atoms with Gasteiger partial charge in [0.1, 0.15) is 0 Å². The summed E-state index contributed by atoms with van der Waals surface area (Å²) in [5.74, 6) is 0.106. The van der Waals surface area contributed by atoms with Gasteiger partial charge in [-0.15, -0.1) is 0 Å². The maximum absolute atomic E-state index is 11.0. The minimum absolute atomic E-state index is 0.106. The van der Waals surface area contributed by atoms with Crippen molar-refractivity contribution in [2.75, 3.05) is 0 Å². The number of allylic oxidation sites excluding steroid dienone is 3. The highest BCUT2D eigenvalue weighted by atomic mass is 16.1. The van der Waals surface area contributed by atoms with Gasteiger partial charge in [0, 0.05) is 5.56 Å². The molecule has 72 valence electrons. The lowest BCUT2D eigenvalue weighted by atomic mass is 10.1. The molecule has 0 spiro atoms. The van der Waals surface area contributed by atoms with Crippen LogP contribution < -0.4 is 0 Å². The molecule has 0 aromatic heterocycles. The van der Waals surface area contributed by atoms with Crippen LogP contribution in [0.25, 0.3) is 6.08 Å². The molecule has 1 nitrogen and oxygen atoms in total. The standard InChI is InChI=1S/C13H14O/c1-3-4-5-6-12-7-9-13(10-8-12)11(2)14/h3-10H,1-2H3/b4-3+,6-5+. The minimum Gasteiger partial charge on any atom is -0.295 e. The second-order valence-corrected chi connectivity index (χ2v) is 3.06. The minimum atomic E-state index is 0.106. The average Bonchev–Trinajstić information content (AvgIpc) is 2.19. The molecule has 0 unspecified atom stereocenters. The topological polar surface area (TPSA) is 17.1 Å². The Morgan fingerprint density at radius 1 is 1.14 bits per heavy atom. The predicted molar refractivity (Wildman–Crippen MR) is 60.3 cm³/mol. The molecule has 0 radical (unpaired) electrons. The van der Waals surface area contributed by atoms with Gasteiger partial charge in [0.05, 0.1) is 0 Å². The Labute approximate surface area is 84.8 Å². The fraction of sp³-hybridized carbons (Fsp3) is 0.154. The molecular weight excluding hydrogens is 172 g/mol. The lowest BCUT2D eigenvalue weighted by Gasteiger charge is -1.95. The summed E-state index contributed by atoms with van der Waals surface area (Å²) < 4.78 is 0. The number of hydrogen-bond donors (Lipinski definition) is 0. The van der Waals surface area contributed by atoms with Gasteiger partial charge in [0.25, 0.3) is 0 Å². The van der Waals surface area contributed by atoms with E-state index in [1.54, 1.807) is 6.92 Å². The monoisotopic (exact) mass is 186 g/mol. The third kappa shape index (κ3) is 3.02. The number of hydrogen-bond acceptors (Lipinski definition) is 1. The average molecular weight is 186 g/mol. The lowest BCUT2D eigenvalue weighted by molar-refractivity contribution is 0.101. The summed E-state index contributed by atoms with van der Waals surface area (Å²) in [5.41, 5.74) is 1.86. The molecule has 0 amide bonds. The van der Waals surface area contributed by atoms with Crippen LogP contribution in [0.3, 0.4) is 0 Å². The zero-order chi connectivity index (χ0) is 10.4. The molecule has 1 heteroatoms. The van der Waals surface area contributed by atoms with Crippen molar-refractivity contribution >= 4 is 11.9 Å². The van der Waals surface area contributed by atoms with E-state index in [2.05, 4.69) is 0 Å². The van der Waals surface area contributed by atoms with E-state index in [0.717, 1.165) is 11.1 Å². The highest BCUT2D eigenvalue weighted by Crippen LogP contribution is 2.06. The van der Waals surface area contributed by atoms with Gasteiger partial charge in [-0.1, -0.05) is 48.6 Å². The van der Waals surface area contributed by atoms with E-state index in [1.165, 1.54) is 0 Å². The summed E-state index contributed by atoms with van der Waals surface area (Å²) in [6.07, 6.45) is 7.92. The van der Waals surface area contributed by atoms with Gasteiger partial charge in [0.2, 0.25) is 0 Å². The van der Waals surface area contributed by atoms with E-state index in [-0.39, 0.29) is 5.78 Å². The van der Waals surface area contributed by atoms with Gasteiger partial charge in [-0.3, -0.25) is 4.79 Å². The van der Waals surface area contributed by atoms with E-state index >= 15 is 0 Å². The summed E-state index contributed by atoms with van der Waals surface area (Å²) in [7, 11) is 0. The Kier molecular flexibility index (Phi) is 3.86. The van der Waals surface area contributed by atoms with Gasteiger partial charge in [-0.25, -0.2) is 0 Å². The van der Waals surface area contributed by atoms with Gasteiger partial charge < -0.3 is 0 Å². The Balaban J connectivity index is 2.78. The second-order valence-electron chi connectivity index (χ2n) is 3.06. The first-order valence-corrected chi connectivity index (χ1v) is 4.64. The summed E-state index contributed by atoms with van der Waals surface area (Å²) in [6.45, 7) is 3.55. The normalized spacial score (nSPS) is 11.3. The molecule has 0 atom stereocenters. The van der Waals surface area contributed by atoms with Crippen LogP contribution in [0.1, 0.15) is 29.8 Å². The van der Waals surface area contributed by atoms with Crippen molar-refractivity contribution in [2.45, 2.75) is 13.8 Å². The fourth-order valence-corrected chi connectivity index (χ4v) is 1.11. The van der Waals surface area contributed by atoms with Crippen LogP contribution in [-0.4, -0.2) is 5.78 Å². The van der Waals surface area contributed by atoms with Crippen LogP contribution in [0.2, 0.25) is 0 Å². The van der Waals surface area contributed by atoms with E-state index < -0.39 is 0 Å². The number of carbonyl (C=O) groups is 1. The van der Waals surface area contributed by atoms with Gasteiger partial charge >= 0.3 is 0 Å². The molecule has 1 aromatic rings. The van der Waals surface area contributed by atoms with Gasteiger partial charge in [-0.2, -0.15) is 0 Å². The molecule has 14 heavy (non-hydrogen) atoms. The maximum atomic E-state index is 11.0. The fourth-order valence-electron chi connectivity index (χ4n) is 1.11. The number of Topliss-reactive ketones (excluding diaryl/α,β-unsaturated/α-hetero) is 1. The largest absolute Gasteiger partial charge is 0.295 e. The van der Waals surface area contributed by atoms with Crippen LogP contribution in [0.5, 0.6) is 0 Å². The molecular formula is C13H14O. The molecule has 0 heterocycles. The summed E-state index contributed by atoms with van der Waals surface area (Å²) in [5, 5.41) is 0. The van der Waals surface area contributed by atoms with Crippen molar-refractivity contribution in [1.29, 1.82) is 0 Å². The Hall–Kier alpha value is -1.63. The number of benzene rings is 1. The Morgan fingerprint density at radius 3 is 2.29 bits per heavy atom. The number of rotatable bonds is 3. The Morgan fingerprint density at radius 2 is 1.79 bits per heavy atom. The highest BCUT2D eigenvalue weighted by Gasteiger charge is 1.96. The van der Waals surface area contributed by atoms with Crippen molar-refractivity contribution < 1.29 is 4.79 Å². The summed E-state index contributed by atoms with van der Waals surface area (Å²) in [4.78, 5) is 11.0. The number of ketones is 1. The van der Waals surface area contributed by atoms with Gasteiger partial charge in [0.15, 0.2) is 5.78 Å². The van der Waals surface area contributed by atoms with Crippen molar-refractivity contribution in [3.05, 3.63) is 53.6 Å². The van der Waals surface area contributed by atoms with Crippen molar-refractivity contribution in [2.24, 2.45) is 0 Å². The smallest absolute Gasteiger partial charge is 0.159 e. The Bertz CT molecular complexity index is 355. The van der Waals surface area contributed by atoms with E-state index in [1.807, 2.05) is 55.5 Å².